The number of nitrogens with zero attached hydrogens (tertiary/aromatic N) is 2. The summed E-state index contributed by atoms with van der Waals surface area (Å²) in [6.07, 6.45) is 0. The van der Waals surface area contributed by atoms with E-state index < -0.39 is 0 Å². The van der Waals surface area contributed by atoms with E-state index in [0.717, 1.165) is 28.1 Å². The summed E-state index contributed by atoms with van der Waals surface area (Å²) in [5.74, 6) is 0.927. The Hall–Kier alpha value is -7.03. The smallest absolute Gasteiger partial charge is 0.145 e. The molecule has 10 aromatic rings. The maximum atomic E-state index is 5.15. The maximum absolute atomic E-state index is 5.15. The van der Waals surface area contributed by atoms with E-state index >= 15 is 0 Å². The first-order valence-corrected chi connectivity index (χ1v) is 18.1. The summed E-state index contributed by atoms with van der Waals surface area (Å²) in [5, 5.41) is 4.97. The van der Waals surface area contributed by atoms with Gasteiger partial charge in [-0.15, -0.1) is 0 Å². The zero-order valence-corrected chi connectivity index (χ0v) is 29.0. The molecule has 0 aliphatic rings. The number of fused-ring (bicyclic) bond motifs is 3. The van der Waals surface area contributed by atoms with E-state index in [1.165, 1.54) is 66.1 Å². The van der Waals surface area contributed by atoms with Crippen LogP contribution in [-0.4, -0.2) is 9.55 Å². The Morgan fingerprint density at radius 1 is 0.302 bits per heavy atom. The molecule has 0 aliphatic carbocycles. The van der Waals surface area contributed by atoms with E-state index in [-0.39, 0.29) is 0 Å². The fourth-order valence-electron chi connectivity index (χ4n) is 8.00. The number of rotatable bonds is 6. The molecule has 0 atom stereocenters. The van der Waals surface area contributed by atoms with Crippen LogP contribution in [0.25, 0.3) is 94.2 Å². The predicted octanol–water partition coefficient (Wildman–Crippen LogP) is 13.7. The lowest BCUT2D eigenvalue weighted by Crippen LogP contribution is -1.98. The number of imidazole rings is 1. The van der Waals surface area contributed by atoms with Crippen molar-refractivity contribution in [1.29, 1.82) is 0 Å². The highest BCUT2D eigenvalue weighted by Crippen LogP contribution is 2.46. The minimum Gasteiger partial charge on any atom is -0.292 e. The zero-order valence-electron chi connectivity index (χ0n) is 29.0. The molecule has 248 valence electrons. The van der Waals surface area contributed by atoms with Gasteiger partial charge in [-0.1, -0.05) is 182 Å². The Bertz CT molecular complexity index is 2850. The lowest BCUT2D eigenvalue weighted by molar-refractivity contribution is 1.10. The highest BCUT2D eigenvalue weighted by molar-refractivity contribution is 6.22. The van der Waals surface area contributed by atoms with Crippen molar-refractivity contribution in [2.75, 3.05) is 0 Å². The average Bonchev–Trinajstić information content (AvgIpc) is 3.63. The van der Waals surface area contributed by atoms with Gasteiger partial charge in [-0.2, -0.15) is 0 Å². The van der Waals surface area contributed by atoms with E-state index in [9.17, 15) is 0 Å². The maximum Gasteiger partial charge on any atom is 0.145 e. The quantitative estimate of drug-likeness (QED) is 0.161. The molecule has 0 fully saturated rings. The minimum atomic E-state index is 0.927. The van der Waals surface area contributed by atoms with Gasteiger partial charge in [-0.3, -0.25) is 4.57 Å². The molecular weight excluding hydrogens is 641 g/mol. The van der Waals surface area contributed by atoms with Crippen molar-refractivity contribution in [1.82, 2.24) is 9.55 Å². The highest BCUT2D eigenvalue weighted by atomic mass is 15.1. The molecule has 0 spiro atoms. The van der Waals surface area contributed by atoms with E-state index in [2.05, 4.69) is 211 Å². The Morgan fingerprint density at radius 2 is 0.755 bits per heavy atom. The Labute approximate surface area is 308 Å². The summed E-state index contributed by atoms with van der Waals surface area (Å²) >= 11 is 0. The van der Waals surface area contributed by atoms with Crippen molar-refractivity contribution in [3.8, 4) is 61.6 Å². The van der Waals surface area contributed by atoms with Crippen molar-refractivity contribution in [3.63, 3.8) is 0 Å². The summed E-state index contributed by atoms with van der Waals surface area (Å²) in [6.45, 7) is 0. The molecule has 1 aromatic heterocycles. The molecule has 0 unspecified atom stereocenters. The second-order valence-corrected chi connectivity index (χ2v) is 13.5. The molecule has 0 bridgehead atoms. The van der Waals surface area contributed by atoms with Crippen LogP contribution >= 0.6 is 0 Å². The van der Waals surface area contributed by atoms with Crippen LogP contribution in [0.2, 0.25) is 0 Å². The molecule has 0 amide bonds. The van der Waals surface area contributed by atoms with Crippen molar-refractivity contribution >= 4 is 32.6 Å². The molecule has 0 radical (unpaired) electrons. The van der Waals surface area contributed by atoms with Crippen LogP contribution in [0.5, 0.6) is 0 Å². The van der Waals surface area contributed by atoms with Crippen LogP contribution in [-0.2, 0) is 0 Å². The molecule has 9 aromatic carbocycles. The van der Waals surface area contributed by atoms with Gasteiger partial charge in [0.2, 0.25) is 0 Å². The monoisotopic (exact) mass is 674 g/mol. The average molecular weight is 675 g/mol. The topological polar surface area (TPSA) is 17.8 Å². The van der Waals surface area contributed by atoms with E-state index in [4.69, 9.17) is 4.98 Å². The molecule has 10 rings (SSSR count). The van der Waals surface area contributed by atoms with Gasteiger partial charge in [0.15, 0.2) is 0 Å². The van der Waals surface area contributed by atoms with Crippen molar-refractivity contribution in [3.05, 3.63) is 206 Å². The van der Waals surface area contributed by atoms with Gasteiger partial charge in [0.25, 0.3) is 0 Å². The number of benzene rings is 9. The second-order valence-electron chi connectivity index (χ2n) is 13.5. The number of hydrogen-bond acceptors (Lipinski definition) is 1. The summed E-state index contributed by atoms with van der Waals surface area (Å²) in [5.41, 5.74) is 14.0. The van der Waals surface area contributed by atoms with E-state index in [0.29, 0.717) is 0 Å². The summed E-state index contributed by atoms with van der Waals surface area (Å²) in [4.78, 5) is 5.15. The molecule has 2 nitrogen and oxygen atoms in total. The summed E-state index contributed by atoms with van der Waals surface area (Å²) in [6, 6.07) is 74.0. The van der Waals surface area contributed by atoms with Gasteiger partial charge in [0.1, 0.15) is 5.82 Å². The normalized spacial score (nSPS) is 11.4. The van der Waals surface area contributed by atoms with Gasteiger partial charge >= 0.3 is 0 Å². The number of para-hydroxylation sites is 2. The van der Waals surface area contributed by atoms with Crippen LogP contribution in [0.3, 0.4) is 0 Å². The molecular formula is C51H34N2. The summed E-state index contributed by atoms with van der Waals surface area (Å²) in [7, 11) is 0. The van der Waals surface area contributed by atoms with Crippen LogP contribution in [0, 0.1) is 0 Å². The lowest BCUT2D eigenvalue weighted by atomic mass is 9.84. The number of hydrogen-bond donors (Lipinski definition) is 0. The molecule has 2 heteroatoms. The first kappa shape index (κ1) is 30.8. The lowest BCUT2D eigenvalue weighted by Gasteiger charge is -2.20. The predicted molar refractivity (Wildman–Crippen MR) is 223 cm³/mol. The first-order chi connectivity index (χ1) is 26.3. The molecule has 0 saturated heterocycles. The molecule has 0 N–H and O–H groups in total. The summed E-state index contributed by atoms with van der Waals surface area (Å²) < 4.78 is 2.29. The van der Waals surface area contributed by atoms with Crippen LogP contribution in [0.15, 0.2) is 206 Å². The Balaban J connectivity index is 1.13. The SMILES string of the molecule is c1ccc(-c2ccc(-c3nc4ccccc4n3-c3ccc(-c4c5ccccc5c(-c5ccccc5-c5ccccc5)c5ccccc45)cc3)cc2)cc1. The second kappa shape index (κ2) is 12.9. The van der Waals surface area contributed by atoms with Crippen LogP contribution in [0.4, 0.5) is 0 Å². The van der Waals surface area contributed by atoms with Gasteiger partial charge in [0, 0.05) is 11.3 Å². The molecule has 53 heavy (non-hydrogen) atoms. The first-order valence-electron chi connectivity index (χ1n) is 18.1. The Kier molecular flexibility index (Phi) is 7.51. The fraction of sp³-hybridized carbons (Fsp3) is 0. The van der Waals surface area contributed by atoms with Gasteiger partial charge in [-0.05, 0) is 90.3 Å². The van der Waals surface area contributed by atoms with E-state index in [1.54, 1.807) is 0 Å². The van der Waals surface area contributed by atoms with Crippen molar-refractivity contribution in [2.45, 2.75) is 0 Å². The third-order valence-corrected chi connectivity index (χ3v) is 10.4. The van der Waals surface area contributed by atoms with Crippen molar-refractivity contribution in [2.24, 2.45) is 0 Å². The minimum absolute atomic E-state index is 0.927. The Morgan fingerprint density at radius 3 is 1.40 bits per heavy atom. The van der Waals surface area contributed by atoms with Gasteiger partial charge in [-0.25, -0.2) is 4.98 Å². The molecule has 1 heterocycles. The largest absolute Gasteiger partial charge is 0.292 e. The van der Waals surface area contributed by atoms with Crippen molar-refractivity contribution < 1.29 is 0 Å². The molecule has 0 aliphatic heterocycles. The van der Waals surface area contributed by atoms with E-state index in [1.807, 2.05) is 0 Å². The third-order valence-electron chi connectivity index (χ3n) is 10.4. The van der Waals surface area contributed by atoms with Crippen LogP contribution in [0.1, 0.15) is 0 Å². The van der Waals surface area contributed by atoms with Gasteiger partial charge < -0.3 is 0 Å². The standard InChI is InChI=1S/C51H34N2/c1-3-15-35(16-4-1)36-27-29-39(30-28-36)51-52-47-25-13-14-26-48(47)53(51)40-33-31-38(32-34-40)49-43-21-9-11-23-45(43)50(46-24-12-10-22-44(46)49)42-20-8-7-19-41(42)37-17-5-2-6-18-37/h1-34H. The third kappa shape index (κ3) is 5.32. The fourth-order valence-corrected chi connectivity index (χ4v) is 8.00. The van der Waals surface area contributed by atoms with Gasteiger partial charge in [0.05, 0.1) is 11.0 Å². The highest BCUT2D eigenvalue weighted by Gasteiger charge is 2.20. The van der Waals surface area contributed by atoms with Crippen LogP contribution < -0.4 is 0 Å². The molecule has 0 saturated carbocycles. The zero-order chi connectivity index (χ0) is 35.1. The number of aromatic nitrogens is 2.